The lowest BCUT2D eigenvalue weighted by Crippen LogP contribution is -2.41. The van der Waals surface area contributed by atoms with Gasteiger partial charge < -0.3 is 10.2 Å². The van der Waals surface area contributed by atoms with Gasteiger partial charge in [-0.05, 0) is 68.1 Å². The molecule has 1 aromatic heterocycles. The van der Waals surface area contributed by atoms with Gasteiger partial charge in [-0.15, -0.1) is 6.58 Å². The van der Waals surface area contributed by atoms with Crippen molar-refractivity contribution in [1.29, 1.82) is 0 Å². The van der Waals surface area contributed by atoms with E-state index in [0.717, 1.165) is 37.5 Å². The summed E-state index contributed by atoms with van der Waals surface area (Å²) in [4.78, 5) is 40.6. The van der Waals surface area contributed by atoms with Crippen LogP contribution in [0.3, 0.4) is 0 Å². The highest BCUT2D eigenvalue weighted by molar-refractivity contribution is 5.94. The number of aromatic nitrogens is 2. The van der Waals surface area contributed by atoms with Crippen molar-refractivity contribution < 1.29 is 4.79 Å². The van der Waals surface area contributed by atoms with Gasteiger partial charge in [0, 0.05) is 25.2 Å². The summed E-state index contributed by atoms with van der Waals surface area (Å²) < 4.78 is 2.94. The van der Waals surface area contributed by atoms with Gasteiger partial charge >= 0.3 is 11.1 Å². The first kappa shape index (κ1) is 24.7. The van der Waals surface area contributed by atoms with Crippen molar-refractivity contribution >= 4 is 16.9 Å². The van der Waals surface area contributed by atoms with Gasteiger partial charge in [-0.25, -0.2) is 0 Å². The highest BCUT2D eigenvalue weighted by Gasteiger charge is 2.16. The van der Waals surface area contributed by atoms with Crippen LogP contribution in [-0.2, 0) is 13.1 Å². The predicted molar refractivity (Wildman–Crippen MR) is 140 cm³/mol. The first-order valence-corrected chi connectivity index (χ1v) is 12.4. The fourth-order valence-corrected chi connectivity index (χ4v) is 4.88. The normalized spacial score (nSPS) is 16.3. The van der Waals surface area contributed by atoms with Crippen LogP contribution in [0.5, 0.6) is 0 Å². The molecule has 2 heterocycles. The largest absolute Gasteiger partial charge is 0.352 e. The monoisotopic (exact) mass is 474 g/mol. The Morgan fingerprint density at radius 3 is 2.43 bits per heavy atom. The minimum absolute atomic E-state index is 0.0989. The van der Waals surface area contributed by atoms with Crippen LogP contribution in [0.4, 0.5) is 0 Å². The zero-order chi connectivity index (χ0) is 24.8. The Morgan fingerprint density at radius 2 is 1.74 bits per heavy atom. The Morgan fingerprint density at radius 1 is 1.06 bits per heavy atom. The van der Waals surface area contributed by atoms with E-state index in [1.54, 1.807) is 18.2 Å². The molecule has 35 heavy (non-hydrogen) atoms. The molecule has 0 unspecified atom stereocenters. The van der Waals surface area contributed by atoms with Crippen LogP contribution >= 0.6 is 0 Å². The molecule has 1 amide bonds. The van der Waals surface area contributed by atoms with Gasteiger partial charge in [-0.2, -0.15) is 0 Å². The topological polar surface area (TPSA) is 76.3 Å². The number of allylic oxidation sites excluding steroid dienone is 1. The maximum absolute atomic E-state index is 12.9. The second-order valence-corrected chi connectivity index (χ2v) is 9.44. The van der Waals surface area contributed by atoms with Crippen LogP contribution in [0.2, 0.25) is 0 Å². The summed E-state index contributed by atoms with van der Waals surface area (Å²) >= 11 is 0. The fraction of sp³-hybridized carbons (Fsp3) is 0.393. The first-order valence-electron chi connectivity index (χ1n) is 12.4. The summed E-state index contributed by atoms with van der Waals surface area (Å²) in [6.07, 6.45) is 5.11. The van der Waals surface area contributed by atoms with Gasteiger partial charge in [0.25, 0.3) is 5.91 Å². The molecule has 0 bridgehead atoms. The zero-order valence-corrected chi connectivity index (χ0v) is 20.4. The molecule has 1 N–H and O–H groups in total. The highest BCUT2D eigenvalue weighted by atomic mass is 16.2. The van der Waals surface area contributed by atoms with Gasteiger partial charge in [0.05, 0.1) is 17.6 Å². The van der Waals surface area contributed by atoms with Crippen molar-refractivity contribution in [1.82, 2.24) is 19.4 Å². The molecule has 0 aliphatic carbocycles. The number of benzene rings is 2. The molecule has 1 fully saturated rings. The number of nitrogens with zero attached hydrogens (tertiary/aromatic N) is 3. The molecule has 7 nitrogen and oxygen atoms in total. The standard InChI is InChI=1S/C28H34N4O3/c1-3-16-31-24-9-4-5-10-25(24)32(28(35)27(31)34)20-22-11-13-23(14-12-22)26(33)29-15-7-18-30-17-6-8-21(2)19-30/h3-5,9-14,21H,1,6-8,15-20H2,2H3,(H,29,33)/t21-/m1/s1. The maximum Gasteiger partial charge on any atom is 0.317 e. The van der Waals surface area contributed by atoms with Gasteiger partial charge in [-0.3, -0.25) is 23.5 Å². The fourth-order valence-electron chi connectivity index (χ4n) is 4.88. The van der Waals surface area contributed by atoms with Crippen LogP contribution in [0, 0.1) is 5.92 Å². The van der Waals surface area contributed by atoms with Crippen LogP contribution in [0.15, 0.2) is 70.8 Å². The van der Waals surface area contributed by atoms with Gasteiger partial charge in [0.2, 0.25) is 0 Å². The zero-order valence-electron chi connectivity index (χ0n) is 20.4. The Labute approximate surface area is 205 Å². The maximum atomic E-state index is 12.9. The lowest BCUT2D eigenvalue weighted by molar-refractivity contribution is 0.0950. The molecule has 1 aliphatic heterocycles. The van der Waals surface area contributed by atoms with Crippen molar-refractivity contribution in [3.05, 3.63) is 93.0 Å². The van der Waals surface area contributed by atoms with Crippen molar-refractivity contribution in [3.8, 4) is 0 Å². The molecule has 1 atom stereocenters. The molecular weight excluding hydrogens is 440 g/mol. The average Bonchev–Trinajstić information content (AvgIpc) is 2.87. The Kier molecular flexibility index (Phi) is 7.98. The van der Waals surface area contributed by atoms with E-state index in [2.05, 4.69) is 23.7 Å². The third-order valence-electron chi connectivity index (χ3n) is 6.68. The van der Waals surface area contributed by atoms with E-state index < -0.39 is 11.1 Å². The average molecular weight is 475 g/mol. The van der Waals surface area contributed by atoms with E-state index in [-0.39, 0.29) is 19.0 Å². The molecule has 1 saturated heterocycles. The minimum Gasteiger partial charge on any atom is -0.352 e. The smallest absolute Gasteiger partial charge is 0.317 e. The van der Waals surface area contributed by atoms with E-state index in [0.29, 0.717) is 23.1 Å². The molecule has 0 spiro atoms. The number of nitrogens with one attached hydrogen (secondary N) is 1. The van der Waals surface area contributed by atoms with Crippen molar-refractivity contribution in [3.63, 3.8) is 0 Å². The van der Waals surface area contributed by atoms with Crippen LogP contribution in [-0.4, -0.2) is 46.1 Å². The number of likely N-dealkylation sites (tertiary alicyclic amines) is 1. The summed E-state index contributed by atoms with van der Waals surface area (Å²) in [5.74, 6) is 0.660. The molecule has 3 aromatic rings. The van der Waals surface area contributed by atoms with Crippen LogP contribution in [0.1, 0.15) is 42.1 Å². The number of carbonyl (C=O) groups excluding carboxylic acids is 1. The Bertz CT molecular complexity index is 1310. The van der Waals surface area contributed by atoms with Crippen molar-refractivity contribution in [2.24, 2.45) is 5.92 Å². The van der Waals surface area contributed by atoms with E-state index in [1.165, 1.54) is 22.0 Å². The number of carbonyl (C=O) groups is 1. The SMILES string of the molecule is C=CCn1c(=O)c(=O)n(Cc2ccc(C(=O)NCCCN3CCC[C@@H](C)C3)cc2)c2ccccc21. The molecule has 0 radical (unpaired) electrons. The minimum atomic E-state index is -0.574. The van der Waals surface area contributed by atoms with E-state index in [9.17, 15) is 14.4 Å². The number of para-hydroxylation sites is 2. The van der Waals surface area contributed by atoms with E-state index >= 15 is 0 Å². The highest BCUT2D eigenvalue weighted by Crippen LogP contribution is 2.15. The Hall–Kier alpha value is -3.45. The second-order valence-electron chi connectivity index (χ2n) is 9.44. The number of rotatable bonds is 9. The lowest BCUT2D eigenvalue weighted by Gasteiger charge is -2.30. The molecular formula is C28H34N4O3. The molecule has 2 aromatic carbocycles. The molecule has 184 valence electrons. The Balaban J connectivity index is 1.40. The third kappa shape index (κ3) is 5.80. The lowest BCUT2D eigenvalue weighted by atomic mass is 10.0. The predicted octanol–water partition coefficient (Wildman–Crippen LogP) is 3.25. The number of hydrogen-bond acceptors (Lipinski definition) is 4. The van der Waals surface area contributed by atoms with Crippen molar-refractivity contribution in [2.75, 3.05) is 26.2 Å². The quantitative estimate of drug-likeness (QED) is 0.293. The summed E-state index contributed by atoms with van der Waals surface area (Å²) in [6.45, 7) is 10.5. The molecule has 1 aliphatic rings. The second kappa shape index (κ2) is 11.3. The van der Waals surface area contributed by atoms with E-state index in [4.69, 9.17) is 0 Å². The van der Waals surface area contributed by atoms with Crippen molar-refractivity contribution in [2.45, 2.75) is 39.3 Å². The number of fused-ring (bicyclic) bond motifs is 1. The van der Waals surface area contributed by atoms with Gasteiger partial charge in [0.15, 0.2) is 0 Å². The number of piperidine rings is 1. The summed E-state index contributed by atoms with van der Waals surface area (Å²) in [6, 6.07) is 14.6. The molecule has 4 rings (SSSR count). The van der Waals surface area contributed by atoms with Gasteiger partial charge in [0.1, 0.15) is 0 Å². The van der Waals surface area contributed by atoms with Crippen LogP contribution < -0.4 is 16.4 Å². The summed E-state index contributed by atoms with van der Waals surface area (Å²) in [7, 11) is 0. The van der Waals surface area contributed by atoms with Gasteiger partial charge in [-0.1, -0.05) is 37.3 Å². The number of amides is 1. The van der Waals surface area contributed by atoms with E-state index in [1.807, 2.05) is 36.4 Å². The summed E-state index contributed by atoms with van der Waals surface area (Å²) in [5.41, 5.74) is 1.65. The molecule has 0 saturated carbocycles. The van der Waals surface area contributed by atoms with Crippen LogP contribution in [0.25, 0.3) is 11.0 Å². The summed E-state index contributed by atoms with van der Waals surface area (Å²) in [5, 5.41) is 3.00. The number of hydrogen-bond donors (Lipinski definition) is 1. The third-order valence-corrected chi connectivity index (χ3v) is 6.68. The first-order chi connectivity index (χ1) is 17.0. The molecule has 7 heteroatoms.